The molecule has 2 heterocycles. The number of likely N-dealkylation sites (tertiary alicyclic amines) is 1. The largest absolute Gasteiger partial charge is 0.467 e. The highest BCUT2D eigenvalue weighted by Gasteiger charge is 2.57. The summed E-state index contributed by atoms with van der Waals surface area (Å²) in [4.78, 5) is 28.0. The number of carbonyl (C=O) groups excluding carboxylic acids is 2. The summed E-state index contributed by atoms with van der Waals surface area (Å²) in [5, 5.41) is 0. The average Bonchev–Trinajstić information content (AvgIpc) is 3.31. The van der Waals surface area contributed by atoms with Crippen molar-refractivity contribution >= 4 is 37.9 Å². The molecular formula is C22H30N2O4SSi. The summed E-state index contributed by atoms with van der Waals surface area (Å²) in [6, 6.07) is 14.9. The number of imide groups is 1. The van der Waals surface area contributed by atoms with Crippen molar-refractivity contribution in [2.75, 3.05) is 10.1 Å². The van der Waals surface area contributed by atoms with Crippen LogP contribution in [0.1, 0.15) is 39.5 Å². The second-order valence-corrected chi connectivity index (χ2v) is 13.2. The molecule has 1 aliphatic rings. The van der Waals surface area contributed by atoms with E-state index in [1.54, 1.807) is 22.7 Å². The normalized spacial score (nSPS) is 18.9. The van der Waals surface area contributed by atoms with Gasteiger partial charge in [-0.3, -0.25) is 4.79 Å². The number of hydrogen-bond acceptors (Lipinski definition) is 5. The number of carbonyl (C=O) groups is 2. The maximum absolute atomic E-state index is 13.5. The van der Waals surface area contributed by atoms with Crippen molar-refractivity contribution < 1.29 is 18.4 Å². The molecule has 2 aromatic rings. The maximum atomic E-state index is 13.5. The van der Waals surface area contributed by atoms with E-state index in [9.17, 15) is 9.59 Å². The molecule has 1 saturated heterocycles. The van der Waals surface area contributed by atoms with E-state index < -0.39 is 20.5 Å². The molecule has 3 rings (SSSR count). The molecule has 0 N–H and O–H groups in total. The number of furan rings is 1. The molecular weight excluding hydrogens is 416 g/mol. The molecule has 162 valence electrons. The quantitative estimate of drug-likeness (QED) is 0.275. The molecule has 0 unspecified atom stereocenters. The number of benzene rings is 1. The average molecular weight is 447 g/mol. The maximum Gasteiger partial charge on any atom is 0.342 e. The molecule has 1 aromatic carbocycles. The predicted molar refractivity (Wildman–Crippen MR) is 123 cm³/mol. The minimum Gasteiger partial charge on any atom is -0.467 e. The first-order valence-corrected chi connectivity index (χ1v) is 14.0. The van der Waals surface area contributed by atoms with Crippen LogP contribution in [0.2, 0.25) is 18.1 Å². The highest BCUT2D eigenvalue weighted by molar-refractivity contribution is 8.01. The van der Waals surface area contributed by atoms with E-state index in [1.165, 1.54) is 16.8 Å². The molecule has 0 aliphatic carbocycles. The van der Waals surface area contributed by atoms with Crippen LogP contribution in [0, 0.1) is 0 Å². The monoisotopic (exact) mass is 446 g/mol. The van der Waals surface area contributed by atoms with Crippen LogP contribution in [0.5, 0.6) is 0 Å². The van der Waals surface area contributed by atoms with Gasteiger partial charge in [-0.15, -0.1) is 0 Å². The number of rotatable bonds is 9. The van der Waals surface area contributed by atoms with E-state index in [0.29, 0.717) is 11.5 Å². The zero-order valence-corrected chi connectivity index (χ0v) is 19.9. The minimum absolute atomic E-state index is 0.286. The molecule has 8 heteroatoms. The summed E-state index contributed by atoms with van der Waals surface area (Å²) in [6.07, 6.45) is 0.897. The molecule has 2 atom stereocenters. The molecule has 1 aliphatic heterocycles. The summed E-state index contributed by atoms with van der Waals surface area (Å²) in [5.74, 6) is 0.992. The lowest BCUT2D eigenvalue weighted by atomic mass is 9.96. The Labute approximate surface area is 183 Å². The highest BCUT2D eigenvalue weighted by Crippen LogP contribution is 2.42. The number of urea groups is 1. The molecule has 0 spiro atoms. The smallest absolute Gasteiger partial charge is 0.342 e. The van der Waals surface area contributed by atoms with Gasteiger partial charge in [-0.2, -0.15) is 0 Å². The molecule has 0 saturated carbocycles. The van der Waals surface area contributed by atoms with Gasteiger partial charge >= 0.3 is 6.03 Å². The lowest BCUT2D eigenvalue weighted by molar-refractivity contribution is -0.159. The van der Waals surface area contributed by atoms with Gasteiger partial charge in [0.25, 0.3) is 5.91 Å². The van der Waals surface area contributed by atoms with E-state index in [1.807, 2.05) is 37.3 Å². The van der Waals surface area contributed by atoms with E-state index in [0.717, 1.165) is 23.8 Å². The Kier molecular flexibility index (Phi) is 7.44. The van der Waals surface area contributed by atoms with Crippen LogP contribution < -0.4 is 4.31 Å². The van der Waals surface area contributed by atoms with E-state index in [-0.39, 0.29) is 11.9 Å². The molecule has 0 radical (unpaired) electrons. The first-order valence-electron chi connectivity index (χ1n) is 10.6. The van der Waals surface area contributed by atoms with Crippen molar-refractivity contribution in [1.82, 2.24) is 4.90 Å². The summed E-state index contributed by atoms with van der Waals surface area (Å²) in [7, 11) is -2.04. The molecule has 0 bridgehead atoms. The molecule has 3 amide bonds. The zero-order chi connectivity index (χ0) is 21.7. The minimum atomic E-state index is -2.04. The number of hydrogen-bond donors (Lipinski definition) is 0. The number of anilines is 1. The summed E-state index contributed by atoms with van der Waals surface area (Å²) in [6.45, 7) is 8.36. The number of para-hydroxylation sites is 1. The lowest BCUT2D eigenvalue weighted by Gasteiger charge is -2.48. The van der Waals surface area contributed by atoms with Gasteiger partial charge in [-0.25, -0.2) is 14.0 Å². The Morgan fingerprint density at radius 1 is 1.10 bits per heavy atom. The van der Waals surface area contributed by atoms with Gasteiger partial charge in [-0.1, -0.05) is 45.9 Å². The van der Waals surface area contributed by atoms with Gasteiger partial charge in [0.2, 0.25) is 0 Å². The van der Waals surface area contributed by atoms with Gasteiger partial charge < -0.3 is 8.84 Å². The standard InChI is InChI=1S/C22H30N2O4SSi/c1-5-29-24(17-13-10-9-11-14-17)22(26)23-19(18-15-12-16-27-18)20(21(23)25)28-30(6-2,7-3)8-4/h9-16,19-20H,5-8H2,1-4H3/t19-,20+/m0/s1. The fourth-order valence-corrected chi connectivity index (χ4v) is 7.32. The Morgan fingerprint density at radius 3 is 2.30 bits per heavy atom. The summed E-state index contributed by atoms with van der Waals surface area (Å²) in [5.41, 5.74) is 0.740. The third-order valence-corrected chi connectivity index (χ3v) is 11.3. The van der Waals surface area contributed by atoms with E-state index in [4.69, 9.17) is 8.84 Å². The second-order valence-electron chi connectivity index (χ2n) is 7.28. The van der Waals surface area contributed by atoms with Gasteiger partial charge in [0, 0.05) is 5.75 Å². The van der Waals surface area contributed by atoms with E-state index >= 15 is 0 Å². The number of amides is 3. The Balaban J connectivity index is 1.92. The van der Waals surface area contributed by atoms with Crippen LogP contribution in [0.3, 0.4) is 0 Å². The summed E-state index contributed by atoms with van der Waals surface area (Å²) < 4.78 is 13.7. The van der Waals surface area contributed by atoms with Crippen molar-refractivity contribution in [3.63, 3.8) is 0 Å². The topological polar surface area (TPSA) is 63.0 Å². The van der Waals surface area contributed by atoms with Gasteiger partial charge in [-0.05, 0) is 54.3 Å². The Bertz CT molecular complexity index is 834. The van der Waals surface area contributed by atoms with Crippen molar-refractivity contribution in [2.24, 2.45) is 0 Å². The van der Waals surface area contributed by atoms with E-state index in [2.05, 4.69) is 20.8 Å². The van der Waals surface area contributed by atoms with Crippen LogP contribution in [0.15, 0.2) is 53.1 Å². The third kappa shape index (κ3) is 4.22. The van der Waals surface area contributed by atoms with Crippen LogP contribution in [-0.4, -0.2) is 37.0 Å². The lowest BCUT2D eigenvalue weighted by Crippen LogP contribution is -2.66. The first-order chi connectivity index (χ1) is 14.5. The zero-order valence-electron chi connectivity index (χ0n) is 18.0. The second kappa shape index (κ2) is 9.85. The molecule has 1 fully saturated rings. The number of β-lactam (4-membered cyclic amide) rings is 1. The fraction of sp³-hybridized carbons (Fsp3) is 0.455. The van der Waals surface area contributed by atoms with Gasteiger partial charge in [0.05, 0.1) is 12.0 Å². The number of nitrogens with zero attached hydrogens (tertiary/aromatic N) is 2. The molecule has 6 nitrogen and oxygen atoms in total. The van der Waals surface area contributed by atoms with Crippen LogP contribution in [-0.2, 0) is 9.22 Å². The highest BCUT2D eigenvalue weighted by atomic mass is 32.2. The Hall–Kier alpha value is -2.03. The van der Waals surface area contributed by atoms with Crippen molar-refractivity contribution in [1.29, 1.82) is 0 Å². The van der Waals surface area contributed by atoms with Crippen molar-refractivity contribution in [2.45, 2.75) is 58.0 Å². The SMILES string of the molecule is CCSN(C(=O)N1C(=O)[C@H](O[Si](CC)(CC)CC)[C@@H]1c1ccco1)c1ccccc1. The van der Waals surface area contributed by atoms with Crippen molar-refractivity contribution in [3.8, 4) is 0 Å². The Morgan fingerprint density at radius 2 is 1.77 bits per heavy atom. The predicted octanol–water partition coefficient (Wildman–Crippen LogP) is 5.85. The first kappa shape index (κ1) is 22.6. The van der Waals surface area contributed by atoms with Crippen LogP contribution in [0.25, 0.3) is 0 Å². The third-order valence-electron chi connectivity index (χ3n) is 5.82. The van der Waals surface area contributed by atoms with Crippen LogP contribution in [0.4, 0.5) is 10.5 Å². The van der Waals surface area contributed by atoms with Gasteiger partial charge in [0.1, 0.15) is 11.8 Å². The molecule has 30 heavy (non-hydrogen) atoms. The van der Waals surface area contributed by atoms with Crippen LogP contribution >= 0.6 is 11.9 Å². The fourth-order valence-electron chi connectivity index (χ4n) is 3.83. The van der Waals surface area contributed by atoms with Crippen molar-refractivity contribution in [3.05, 3.63) is 54.5 Å². The summed E-state index contributed by atoms with van der Waals surface area (Å²) >= 11 is 1.37. The van der Waals surface area contributed by atoms with Gasteiger partial charge in [0.15, 0.2) is 14.4 Å². The molecule has 1 aromatic heterocycles.